The van der Waals surface area contributed by atoms with Crippen LogP contribution in [0.5, 0.6) is 5.75 Å². The minimum Gasteiger partial charge on any atom is -0.497 e. The number of benzene rings is 4. The molecular weight excluding hydrogens is 590 g/mol. The minimum atomic E-state index is -0.819. The molecule has 1 unspecified atom stereocenters. The predicted octanol–water partition coefficient (Wildman–Crippen LogP) is 8.75. The van der Waals surface area contributed by atoms with Crippen LogP contribution in [0.15, 0.2) is 96.6 Å². The molecule has 0 spiro atoms. The van der Waals surface area contributed by atoms with Gasteiger partial charge in [-0.3, -0.25) is 4.79 Å². The summed E-state index contributed by atoms with van der Waals surface area (Å²) in [7, 11) is 1.56. The van der Waals surface area contributed by atoms with Crippen molar-refractivity contribution in [2.45, 2.75) is 52.4 Å². The topological polar surface area (TPSA) is 103 Å². The van der Waals surface area contributed by atoms with Crippen LogP contribution in [0.2, 0.25) is 0 Å². The normalized spacial score (nSPS) is 12.0. The fraction of sp³-hybridized carbons (Fsp3) is 0.300. The number of Topliss-reactive ketones (excluding diaryl/α,β-unsaturated/α-hetero) is 1. The van der Waals surface area contributed by atoms with Gasteiger partial charge in [-0.15, -0.1) is 0 Å². The van der Waals surface area contributed by atoms with Gasteiger partial charge in [-0.05, 0) is 64.6 Å². The van der Waals surface area contributed by atoms with Gasteiger partial charge in [0.25, 0.3) is 0 Å². The molecule has 0 fully saturated rings. The lowest BCUT2D eigenvalue weighted by Crippen LogP contribution is -2.16. The van der Waals surface area contributed by atoms with E-state index in [9.17, 15) is 19.6 Å². The van der Waals surface area contributed by atoms with Crippen LogP contribution in [0, 0.1) is 17.2 Å². The lowest BCUT2D eigenvalue weighted by molar-refractivity contribution is -0.139. The van der Waals surface area contributed by atoms with E-state index in [2.05, 4.69) is 13.8 Å². The number of unbranched alkanes of at least 4 members (excludes halogenated alkanes) is 1. The Morgan fingerprint density at radius 2 is 1.36 bits per heavy atom. The molecule has 7 heteroatoms. The van der Waals surface area contributed by atoms with Crippen LogP contribution in [-0.4, -0.2) is 38.0 Å². The number of methoxy groups -OCH3 is 1. The third-order valence-electron chi connectivity index (χ3n) is 8.28. The molecule has 47 heavy (non-hydrogen) atoms. The molecule has 0 saturated heterocycles. The van der Waals surface area contributed by atoms with Gasteiger partial charge in [0.15, 0.2) is 5.78 Å². The first kappa shape index (κ1) is 34.6. The number of esters is 2. The average molecular weight is 632 g/mol. The molecule has 4 aromatic carbocycles. The highest BCUT2D eigenvalue weighted by Gasteiger charge is 2.21. The first-order valence-electron chi connectivity index (χ1n) is 16.1. The number of ketones is 1. The molecule has 0 saturated carbocycles. The van der Waals surface area contributed by atoms with Gasteiger partial charge in [0.05, 0.1) is 12.7 Å². The van der Waals surface area contributed by atoms with Crippen molar-refractivity contribution in [3.63, 3.8) is 0 Å². The molecule has 4 rings (SSSR count). The Balaban J connectivity index is 1.36. The molecule has 7 nitrogen and oxygen atoms in total. The van der Waals surface area contributed by atoms with Crippen molar-refractivity contribution < 1.29 is 28.6 Å². The van der Waals surface area contributed by atoms with Gasteiger partial charge < -0.3 is 14.2 Å². The van der Waals surface area contributed by atoms with Crippen LogP contribution in [0.4, 0.5) is 0 Å². The quantitative estimate of drug-likeness (QED) is 0.0400. The molecule has 0 aliphatic heterocycles. The molecule has 4 aromatic rings. The summed E-state index contributed by atoms with van der Waals surface area (Å²) in [5.41, 5.74) is 2.61. The van der Waals surface area contributed by atoms with E-state index in [-0.39, 0.29) is 24.6 Å². The second kappa shape index (κ2) is 17.5. The van der Waals surface area contributed by atoms with Crippen molar-refractivity contribution in [3.05, 3.63) is 119 Å². The molecule has 242 valence electrons. The van der Waals surface area contributed by atoms with E-state index < -0.39 is 11.9 Å². The zero-order chi connectivity index (χ0) is 33.6. The van der Waals surface area contributed by atoms with Crippen LogP contribution >= 0.6 is 0 Å². The van der Waals surface area contributed by atoms with Gasteiger partial charge >= 0.3 is 11.9 Å². The second-order valence-corrected chi connectivity index (χ2v) is 11.4. The van der Waals surface area contributed by atoms with E-state index in [0.29, 0.717) is 45.9 Å². The Bertz CT molecular complexity index is 1750. The Kier molecular flexibility index (Phi) is 12.9. The number of carbonyl (C=O) groups is 3. The molecule has 0 radical (unpaired) electrons. The lowest BCUT2D eigenvalue weighted by atomic mass is 9.91. The summed E-state index contributed by atoms with van der Waals surface area (Å²) >= 11 is 0. The van der Waals surface area contributed by atoms with Gasteiger partial charge in [0, 0.05) is 17.6 Å². The standard InChI is InChI=1S/C40H41NO6/c1-4-6-10-28(5-2)13-22-37(42)33-16-14-32-26-34(17-15-31(32)25-33)39(43)46-23-24-47-40(44)36(27-41)38(29-11-8-7-9-12-29)30-18-20-35(45-3)21-19-30/h7-9,11-12,14-21,25-26,28H,4-6,10,13,22-24H2,1-3H3/b38-36+. The molecule has 0 bridgehead atoms. The molecule has 0 aliphatic rings. The van der Waals surface area contributed by atoms with E-state index in [1.165, 1.54) is 12.8 Å². The summed E-state index contributed by atoms with van der Waals surface area (Å²) < 4.78 is 16.0. The first-order valence-corrected chi connectivity index (χ1v) is 16.1. The van der Waals surface area contributed by atoms with Crippen LogP contribution < -0.4 is 4.74 Å². The molecular formula is C40H41NO6. The summed E-state index contributed by atoms with van der Waals surface area (Å²) in [6.45, 7) is 3.96. The lowest BCUT2D eigenvalue weighted by Gasteiger charge is -2.13. The minimum absolute atomic E-state index is 0.133. The number of rotatable bonds is 16. The number of fused-ring (bicyclic) bond motifs is 1. The molecule has 0 aliphatic carbocycles. The molecule has 0 N–H and O–H groups in total. The van der Waals surface area contributed by atoms with Gasteiger partial charge in [-0.25, -0.2) is 9.59 Å². The smallest absolute Gasteiger partial charge is 0.349 e. The second-order valence-electron chi connectivity index (χ2n) is 11.4. The largest absolute Gasteiger partial charge is 0.497 e. The highest BCUT2D eigenvalue weighted by atomic mass is 16.6. The zero-order valence-corrected chi connectivity index (χ0v) is 27.3. The number of hydrogen-bond acceptors (Lipinski definition) is 7. The fourth-order valence-electron chi connectivity index (χ4n) is 5.52. The number of hydrogen-bond donors (Lipinski definition) is 0. The Labute approximate surface area is 276 Å². The van der Waals surface area contributed by atoms with Crippen LogP contribution in [0.25, 0.3) is 16.3 Å². The van der Waals surface area contributed by atoms with Crippen molar-refractivity contribution in [1.29, 1.82) is 5.26 Å². The van der Waals surface area contributed by atoms with Crippen molar-refractivity contribution in [2.24, 2.45) is 5.92 Å². The molecule has 0 heterocycles. The molecule has 0 amide bonds. The SMILES string of the molecule is CCCCC(CC)CCC(=O)c1ccc2cc(C(=O)OCCOC(=O)/C(C#N)=C(\c3ccccc3)c3ccc(OC)cc3)ccc2c1. The number of carbonyl (C=O) groups excluding carboxylic acids is 3. The summed E-state index contributed by atoms with van der Waals surface area (Å²) in [5, 5.41) is 11.6. The maximum atomic E-state index is 13.1. The van der Waals surface area contributed by atoms with Crippen molar-refractivity contribution in [3.8, 4) is 11.8 Å². The van der Waals surface area contributed by atoms with Gasteiger partial charge in [0.1, 0.15) is 30.6 Å². The van der Waals surface area contributed by atoms with E-state index in [0.717, 1.165) is 30.0 Å². The van der Waals surface area contributed by atoms with Crippen molar-refractivity contribution >= 4 is 34.1 Å². The zero-order valence-electron chi connectivity index (χ0n) is 27.3. The van der Waals surface area contributed by atoms with E-state index in [1.54, 1.807) is 49.6 Å². The Hall–Kier alpha value is -5.22. The van der Waals surface area contributed by atoms with Crippen LogP contribution in [0.3, 0.4) is 0 Å². The van der Waals surface area contributed by atoms with E-state index in [4.69, 9.17) is 14.2 Å². The maximum absolute atomic E-state index is 13.1. The highest BCUT2D eigenvalue weighted by molar-refractivity contribution is 6.05. The molecule has 1 atom stereocenters. The van der Waals surface area contributed by atoms with E-state index >= 15 is 0 Å². The van der Waals surface area contributed by atoms with Crippen molar-refractivity contribution in [2.75, 3.05) is 20.3 Å². The third kappa shape index (κ3) is 9.40. The van der Waals surface area contributed by atoms with E-state index in [1.807, 2.05) is 54.6 Å². The summed E-state index contributed by atoms with van der Waals surface area (Å²) in [4.78, 5) is 38.7. The monoisotopic (exact) mass is 631 g/mol. The van der Waals surface area contributed by atoms with Gasteiger partial charge in [0.2, 0.25) is 0 Å². The summed E-state index contributed by atoms with van der Waals surface area (Å²) in [5.74, 6) is -0.0361. The summed E-state index contributed by atoms with van der Waals surface area (Å²) in [6, 6.07) is 28.8. The Morgan fingerprint density at radius 3 is 2.00 bits per heavy atom. The van der Waals surface area contributed by atoms with Crippen molar-refractivity contribution in [1.82, 2.24) is 0 Å². The summed E-state index contributed by atoms with van der Waals surface area (Å²) in [6.07, 6.45) is 6.04. The van der Waals surface area contributed by atoms with Gasteiger partial charge in [-0.2, -0.15) is 5.26 Å². The van der Waals surface area contributed by atoms with Gasteiger partial charge in [-0.1, -0.05) is 100 Å². The molecule has 0 aromatic heterocycles. The number of ether oxygens (including phenoxy) is 3. The third-order valence-corrected chi connectivity index (χ3v) is 8.28. The highest BCUT2D eigenvalue weighted by Crippen LogP contribution is 2.29. The average Bonchev–Trinajstić information content (AvgIpc) is 3.12. The maximum Gasteiger partial charge on any atom is 0.349 e. The Morgan fingerprint density at radius 1 is 0.745 bits per heavy atom. The first-order chi connectivity index (χ1) is 22.9. The predicted molar refractivity (Wildman–Crippen MR) is 183 cm³/mol. The fourth-order valence-corrected chi connectivity index (χ4v) is 5.52. The van der Waals surface area contributed by atoms with Crippen LogP contribution in [0.1, 0.15) is 84.2 Å². The number of nitriles is 1. The van der Waals surface area contributed by atoms with Crippen LogP contribution in [-0.2, 0) is 14.3 Å². The number of nitrogens with zero attached hydrogens (tertiary/aromatic N) is 1.